The second kappa shape index (κ2) is 6.70. The van der Waals surface area contributed by atoms with Gasteiger partial charge in [0.1, 0.15) is 11.6 Å². The van der Waals surface area contributed by atoms with Crippen LogP contribution in [0.25, 0.3) is 0 Å². The van der Waals surface area contributed by atoms with Crippen molar-refractivity contribution in [1.29, 1.82) is 0 Å². The van der Waals surface area contributed by atoms with Crippen LogP contribution in [0, 0.1) is 17.6 Å². The first-order valence-corrected chi connectivity index (χ1v) is 6.28. The van der Waals surface area contributed by atoms with Crippen LogP contribution in [0.1, 0.15) is 45.2 Å². The van der Waals surface area contributed by atoms with E-state index in [1.807, 2.05) is 0 Å². The number of hydrogen-bond acceptors (Lipinski definition) is 1. The molecule has 0 aliphatic carbocycles. The molecule has 1 aromatic carbocycles. The Bertz CT molecular complexity index is 352. The monoisotopic (exact) mass is 241 g/mol. The van der Waals surface area contributed by atoms with Crippen LogP contribution in [0.4, 0.5) is 8.78 Å². The molecule has 3 heteroatoms. The van der Waals surface area contributed by atoms with Gasteiger partial charge in [-0.1, -0.05) is 27.2 Å². The molecule has 2 unspecified atom stereocenters. The topological polar surface area (TPSA) is 12.0 Å². The van der Waals surface area contributed by atoms with Gasteiger partial charge < -0.3 is 5.32 Å². The van der Waals surface area contributed by atoms with Crippen molar-refractivity contribution < 1.29 is 8.78 Å². The Morgan fingerprint density at radius 3 is 2.53 bits per heavy atom. The molecule has 96 valence electrons. The Balaban J connectivity index is 2.98. The highest BCUT2D eigenvalue weighted by atomic mass is 19.1. The van der Waals surface area contributed by atoms with Crippen molar-refractivity contribution in [3.63, 3.8) is 0 Å². The molecule has 1 N–H and O–H groups in total. The summed E-state index contributed by atoms with van der Waals surface area (Å²) in [6.07, 6.45) is 1.90. The van der Waals surface area contributed by atoms with Gasteiger partial charge in [0.25, 0.3) is 0 Å². The van der Waals surface area contributed by atoms with Crippen molar-refractivity contribution in [3.05, 3.63) is 35.4 Å². The van der Waals surface area contributed by atoms with Crippen LogP contribution in [0.5, 0.6) is 0 Å². The molecule has 0 aromatic heterocycles. The third-order valence-electron chi connectivity index (χ3n) is 3.12. The van der Waals surface area contributed by atoms with Crippen LogP contribution in [-0.4, -0.2) is 6.54 Å². The number of hydrogen-bond donors (Lipinski definition) is 1. The third kappa shape index (κ3) is 3.77. The SMILES string of the molecule is CCCNC(c1cc(F)ccc1F)C(C)CC. The highest BCUT2D eigenvalue weighted by Crippen LogP contribution is 2.27. The van der Waals surface area contributed by atoms with E-state index in [0.717, 1.165) is 25.5 Å². The van der Waals surface area contributed by atoms with Crippen molar-refractivity contribution in [3.8, 4) is 0 Å². The summed E-state index contributed by atoms with van der Waals surface area (Å²) in [7, 11) is 0. The van der Waals surface area contributed by atoms with Crippen molar-refractivity contribution >= 4 is 0 Å². The van der Waals surface area contributed by atoms with Gasteiger partial charge in [-0.05, 0) is 37.1 Å². The van der Waals surface area contributed by atoms with Gasteiger partial charge in [0, 0.05) is 11.6 Å². The van der Waals surface area contributed by atoms with Crippen LogP contribution in [0.2, 0.25) is 0 Å². The molecule has 1 nitrogen and oxygen atoms in total. The molecule has 2 atom stereocenters. The van der Waals surface area contributed by atoms with Gasteiger partial charge in [-0.3, -0.25) is 0 Å². The van der Waals surface area contributed by atoms with Gasteiger partial charge in [-0.2, -0.15) is 0 Å². The fraction of sp³-hybridized carbons (Fsp3) is 0.571. The minimum Gasteiger partial charge on any atom is -0.310 e. The lowest BCUT2D eigenvalue weighted by Crippen LogP contribution is -2.28. The van der Waals surface area contributed by atoms with E-state index in [1.54, 1.807) is 0 Å². The second-order valence-electron chi connectivity index (χ2n) is 4.48. The molecule has 1 aromatic rings. The molecule has 0 fully saturated rings. The summed E-state index contributed by atoms with van der Waals surface area (Å²) in [5.41, 5.74) is 0.438. The molecule has 0 radical (unpaired) electrons. The quantitative estimate of drug-likeness (QED) is 0.792. The molecule has 17 heavy (non-hydrogen) atoms. The molecule has 1 rings (SSSR count). The Labute approximate surface area is 102 Å². The van der Waals surface area contributed by atoms with Gasteiger partial charge in [-0.15, -0.1) is 0 Å². The fourth-order valence-corrected chi connectivity index (χ4v) is 1.91. The van der Waals surface area contributed by atoms with Crippen LogP contribution >= 0.6 is 0 Å². The van der Waals surface area contributed by atoms with E-state index in [9.17, 15) is 8.78 Å². The third-order valence-corrected chi connectivity index (χ3v) is 3.12. The first-order valence-electron chi connectivity index (χ1n) is 6.28. The molecular formula is C14H21F2N. The maximum Gasteiger partial charge on any atom is 0.128 e. The number of benzene rings is 1. The van der Waals surface area contributed by atoms with E-state index in [2.05, 4.69) is 26.1 Å². The maximum atomic E-state index is 13.7. The maximum absolute atomic E-state index is 13.7. The molecule has 0 aliphatic rings. The smallest absolute Gasteiger partial charge is 0.128 e. The largest absolute Gasteiger partial charge is 0.310 e. The Morgan fingerprint density at radius 1 is 1.24 bits per heavy atom. The van der Waals surface area contributed by atoms with Gasteiger partial charge in [-0.25, -0.2) is 8.78 Å². The highest BCUT2D eigenvalue weighted by molar-refractivity contribution is 5.23. The average Bonchev–Trinajstić information content (AvgIpc) is 2.33. The molecule has 0 bridgehead atoms. The molecule has 0 heterocycles. The van der Waals surface area contributed by atoms with Crippen LogP contribution in [-0.2, 0) is 0 Å². The molecule has 0 amide bonds. The minimum absolute atomic E-state index is 0.115. The minimum atomic E-state index is -0.381. The Hall–Kier alpha value is -0.960. The van der Waals surface area contributed by atoms with Gasteiger partial charge >= 0.3 is 0 Å². The Kier molecular flexibility index (Phi) is 5.56. The van der Waals surface area contributed by atoms with Gasteiger partial charge in [0.05, 0.1) is 0 Å². The van der Waals surface area contributed by atoms with Crippen molar-refractivity contribution in [2.24, 2.45) is 5.92 Å². The van der Waals surface area contributed by atoms with Gasteiger partial charge in [0.15, 0.2) is 0 Å². The van der Waals surface area contributed by atoms with Crippen molar-refractivity contribution in [2.45, 2.75) is 39.7 Å². The van der Waals surface area contributed by atoms with E-state index in [-0.39, 0.29) is 23.6 Å². The number of nitrogens with one attached hydrogen (secondary N) is 1. The molecular weight excluding hydrogens is 220 g/mol. The lowest BCUT2D eigenvalue weighted by atomic mass is 9.92. The first-order chi connectivity index (χ1) is 8.10. The summed E-state index contributed by atoms with van der Waals surface area (Å²) in [6.45, 7) is 6.98. The molecule has 0 saturated heterocycles. The summed E-state index contributed by atoms with van der Waals surface area (Å²) < 4.78 is 26.9. The highest BCUT2D eigenvalue weighted by Gasteiger charge is 2.20. The second-order valence-corrected chi connectivity index (χ2v) is 4.48. The first kappa shape index (κ1) is 14.1. The van der Waals surface area contributed by atoms with E-state index >= 15 is 0 Å². The normalized spacial score (nSPS) is 14.6. The summed E-state index contributed by atoms with van der Waals surface area (Å²) in [6, 6.07) is 3.55. The lowest BCUT2D eigenvalue weighted by Gasteiger charge is -2.25. The molecule has 0 aliphatic heterocycles. The number of rotatable bonds is 6. The standard InChI is InChI=1S/C14H21F2N/c1-4-8-17-14(10(3)5-2)12-9-11(15)6-7-13(12)16/h6-7,9-10,14,17H,4-5,8H2,1-3H3. The van der Waals surface area contributed by atoms with E-state index in [1.165, 1.54) is 12.1 Å². The molecule has 0 spiro atoms. The van der Waals surface area contributed by atoms with Crippen LogP contribution in [0.15, 0.2) is 18.2 Å². The van der Waals surface area contributed by atoms with E-state index in [0.29, 0.717) is 5.56 Å². The zero-order valence-corrected chi connectivity index (χ0v) is 10.8. The van der Waals surface area contributed by atoms with Crippen LogP contribution in [0.3, 0.4) is 0 Å². The number of halogens is 2. The Morgan fingerprint density at radius 2 is 1.94 bits per heavy atom. The predicted molar refractivity (Wildman–Crippen MR) is 66.8 cm³/mol. The average molecular weight is 241 g/mol. The van der Waals surface area contributed by atoms with Gasteiger partial charge in [0.2, 0.25) is 0 Å². The fourth-order valence-electron chi connectivity index (χ4n) is 1.91. The zero-order valence-electron chi connectivity index (χ0n) is 10.8. The lowest BCUT2D eigenvalue weighted by molar-refractivity contribution is 0.364. The predicted octanol–water partition coefficient (Wildman–Crippen LogP) is 4.05. The van der Waals surface area contributed by atoms with E-state index in [4.69, 9.17) is 0 Å². The summed E-state index contributed by atoms with van der Waals surface area (Å²) in [5, 5.41) is 3.30. The van der Waals surface area contributed by atoms with Crippen molar-refractivity contribution in [1.82, 2.24) is 5.32 Å². The van der Waals surface area contributed by atoms with Crippen molar-refractivity contribution in [2.75, 3.05) is 6.54 Å². The summed E-state index contributed by atoms with van der Waals surface area (Å²) >= 11 is 0. The van der Waals surface area contributed by atoms with E-state index < -0.39 is 0 Å². The van der Waals surface area contributed by atoms with Crippen LogP contribution < -0.4 is 5.32 Å². The molecule has 0 saturated carbocycles. The summed E-state index contributed by atoms with van der Waals surface area (Å²) in [5.74, 6) is -0.439. The zero-order chi connectivity index (χ0) is 12.8. The summed E-state index contributed by atoms with van der Waals surface area (Å²) in [4.78, 5) is 0.